The molecule has 0 amide bonds. The number of hydrogen-bond acceptors (Lipinski definition) is 6. The van der Waals surface area contributed by atoms with Gasteiger partial charge in [0.05, 0.1) is 11.8 Å². The minimum absolute atomic E-state index is 0.413. The van der Waals surface area contributed by atoms with Crippen LogP contribution >= 0.6 is 0 Å². The van der Waals surface area contributed by atoms with Crippen LogP contribution in [0.5, 0.6) is 11.5 Å². The number of fused-ring (bicyclic) bond motifs is 8. The van der Waals surface area contributed by atoms with Gasteiger partial charge in [-0.2, -0.15) is 0 Å². The van der Waals surface area contributed by atoms with E-state index in [9.17, 15) is 9.59 Å². The highest BCUT2D eigenvalue weighted by Gasteiger charge is 2.77. The number of ether oxygens (including phenoxy) is 2. The standard InChI is InChI=1S/C20H18N2O4/c1-19-11-5-3-9(21)7-13(11)25-17(23)15(19)16-18(24)26-14-8-10(22)4-6-12(14)20(16,19)2/h3-8,15-16H,21-22H2,1-2H3/t15-,16-,19+,20+/m0/s1. The van der Waals surface area contributed by atoms with Crippen molar-refractivity contribution in [3.63, 3.8) is 0 Å². The first kappa shape index (κ1) is 15.3. The van der Waals surface area contributed by atoms with Gasteiger partial charge in [0.15, 0.2) is 0 Å². The van der Waals surface area contributed by atoms with E-state index in [-0.39, 0.29) is 0 Å². The number of benzene rings is 2. The summed E-state index contributed by atoms with van der Waals surface area (Å²) >= 11 is 0. The average molecular weight is 350 g/mol. The number of esters is 2. The SMILES string of the molecule is C[C@@]12c3ccc(N)cc3OC(=O)[C@@H]1[C@H]1C(=O)Oc3cc(N)ccc3[C@]12C. The summed E-state index contributed by atoms with van der Waals surface area (Å²) in [6.45, 7) is 4.03. The van der Waals surface area contributed by atoms with Crippen LogP contribution in [0.4, 0.5) is 11.4 Å². The van der Waals surface area contributed by atoms with Crippen molar-refractivity contribution in [2.45, 2.75) is 24.7 Å². The second-order valence-electron chi connectivity index (χ2n) is 7.71. The Morgan fingerprint density at radius 2 is 1.15 bits per heavy atom. The van der Waals surface area contributed by atoms with Crippen LogP contribution in [0.3, 0.4) is 0 Å². The number of rotatable bonds is 0. The van der Waals surface area contributed by atoms with E-state index >= 15 is 0 Å². The maximum absolute atomic E-state index is 12.8. The van der Waals surface area contributed by atoms with Crippen molar-refractivity contribution < 1.29 is 19.1 Å². The fourth-order valence-corrected chi connectivity index (χ4v) is 5.30. The predicted octanol–water partition coefficient (Wildman–Crippen LogP) is 2.15. The summed E-state index contributed by atoms with van der Waals surface area (Å²) in [7, 11) is 0. The fraction of sp³-hybridized carbons (Fsp3) is 0.300. The van der Waals surface area contributed by atoms with Crippen molar-refractivity contribution in [3.8, 4) is 11.5 Å². The van der Waals surface area contributed by atoms with Gasteiger partial charge in [0, 0.05) is 45.5 Å². The highest BCUT2D eigenvalue weighted by atomic mass is 16.5. The van der Waals surface area contributed by atoms with E-state index in [0.29, 0.717) is 22.9 Å². The summed E-state index contributed by atoms with van der Waals surface area (Å²) in [4.78, 5) is 25.5. The molecule has 2 heterocycles. The highest BCUT2D eigenvalue weighted by molar-refractivity contribution is 5.95. The summed E-state index contributed by atoms with van der Waals surface area (Å²) in [6, 6.07) is 10.7. The van der Waals surface area contributed by atoms with Crippen molar-refractivity contribution in [1.29, 1.82) is 0 Å². The van der Waals surface area contributed by atoms with Gasteiger partial charge in [-0.3, -0.25) is 9.59 Å². The van der Waals surface area contributed by atoms with Gasteiger partial charge in [0.25, 0.3) is 0 Å². The van der Waals surface area contributed by atoms with Gasteiger partial charge in [-0.05, 0) is 12.1 Å². The quantitative estimate of drug-likeness (QED) is 0.428. The molecule has 4 atom stereocenters. The monoisotopic (exact) mass is 350 g/mol. The Hall–Kier alpha value is -3.02. The normalized spacial score (nSPS) is 33.6. The molecule has 0 aromatic heterocycles. The lowest BCUT2D eigenvalue weighted by Crippen LogP contribution is -2.75. The first-order valence-corrected chi connectivity index (χ1v) is 8.52. The molecule has 4 N–H and O–H groups in total. The Kier molecular flexibility index (Phi) is 2.57. The van der Waals surface area contributed by atoms with Crippen molar-refractivity contribution in [1.82, 2.24) is 0 Å². The summed E-state index contributed by atoms with van der Waals surface area (Å²) < 4.78 is 11.0. The van der Waals surface area contributed by atoms with Crippen LogP contribution in [0.1, 0.15) is 25.0 Å². The predicted molar refractivity (Wildman–Crippen MR) is 94.7 cm³/mol. The lowest BCUT2D eigenvalue weighted by molar-refractivity contribution is -0.186. The molecule has 2 aliphatic heterocycles. The van der Waals surface area contributed by atoms with E-state index in [4.69, 9.17) is 20.9 Å². The summed E-state index contributed by atoms with van der Waals surface area (Å²) in [5.41, 5.74) is 13.3. The van der Waals surface area contributed by atoms with Crippen LogP contribution in [0, 0.1) is 11.8 Å². The number of anilines is 2. The zero-order valence-corrected chi connectivity index (χ0v) is 14.4. The van der Waals surface area contributed by atoms with Crippen molar-refractivity contribution >= 4 is 23.3 Å². The first-order chi connectivity index (χ1) is 12.3. The average Bonchev–Trinajstić information content (AvgIpc) is 2.56. The van der Waals surface area contributed by atoms with Crippen LogP contribution in [-0.4, -0.2) is 11.9 Å². The Balaban J connectivity index is 1.81. The minimum Gasteiger partial charge on any atom is -0.426 e. The van der Waals surface area contributed by atoms with Gasteiger partial charge in [0.1, 0.15) is 11.5 Å². The third-order valence-electron chi connectivity index (χ3n) is 6.72. The van der Waals surface area contributed by atoms with Crippen molar-refractivity contribution in [2.24, 2.45) is 11.8 Å². The minimum atomic E-state index is -0.611. The highest BCUT2D eigenvalue weighted by Crippen LogP contribution is 2.71. The van der Waals surface area contributed by atoms with Gasteiger partial charge in [0.2, 0.25) is 0 Å². The van der Waals surface area contributed by atoms with Crippen LogP contribution < -0.4 is 20.9 Å². The molecule has 1 aliphatic carbocycles. The van der Waals surface area contributed by atoms with Gasteiger partial charge in [-0.15, -0.1) is 0 Å². The second-order valence-corrected chi connectivity index (χ2v) is 7.71. The van der Waals surface area contributed by atoms with Gasteiger partial charge in [-0.25, -0.2) is 0 Å². The molecule has 2 aromatic rings. The first-order valence-electron chi connectivity index (χ1n) is 8.52. The number of nitrogens with two attached hydrogens (primary N) is 2. The number of carbonyl (C=O) groups excluding carboxylic acids is 2. The molecule has 0 saturated heterocycles. The summed E-state index contributed by atoms with van der Waals surface area (Å²) in [5, 5.41) is 0. The van der Waals surface area contributed by atoms with Gasteiger partial charge >= 0.3 is 11.9 Å². The third-order valence-corrected chi connectivity index (χ3v) is 6.72. The smallest absolute Gasteiger partial charge is 0.316 e. The maximum atomic E-state index is 12.8. The van der Waals surface area contributed by atoms with E-state index in [0.717, 1.165) is 11.1 Å². The molecule has 1 saturated carbocycles. The molecule has 6 heteroatoms. The van der Waals surface area contributed by atoms with Crippen LogP contribution in [-0.2, 0) is 20.4 Å². The topological polar surface area (TPSA) is 105 Å². The lowest BCUT2D eigenvalue weighted by atomic mass is 9.34. The van der Waals surface area contributed by atoms with Gasteiger partial charge < -0.3 is 20.9 Å². The second kappa shape index (κ2) is 4.38. The summed E-state index contributed by atoms with van der Waals surface area (Å²) in [6.07, 6.45) is 0. The lowest BCUT2D eigenvalue weighted by Gasteiger charge is -2.67. The Bertz CT molecular complexity index is 935. The van der Waals surface area contributed by atoms with E-state index in [1.165, 1.54) is 0 Å². The molecule has 0 radical (unpaired) electrons. The Morgan fingerprint density at radius 3 is 1.54 bits per heavy atom. The van der Waals surface area contributed by atoms with E-state index in [2.05, 4.69) is 0 Å². The number of carbonyl (C=O) groups is 2. The Morgan fingerprint density at radius 1 is 0.769 bits per heavy atom. The number of hydrogen-bond donors (Lipinski definition) is 2. The molecule has 132 valence electrons. The molecule has 6 nitrogen and oxygen atoms in total. The van der Waals surface area contributed by atoms with E-state index < -0.39 is 34.6 Å². The van der Waals surface area contributed by atoms with Crippen LogP contribution in [0.2, 0.25) is 0 Å². The Labute approximate surface area is 150 Å². The molecular weight excluding hydrogens is 332 g/mol. The molecule has 0 spiro atoms. The molecule has 0 unspecified atom stereocenters. The van der Waals surface area contributed by atoms with Crippen molar-refractivity contribution in [2.75, 3.05) is 11.5 Å². The van der Waals surface area contributed by atoms with Crippen LogP contribution in [0.25, 0.3) is 0 Å². The number of nitrogen functional groups attached to an aromatic ring is 2. The van der Waals surface area contributed by atoms with Gasteiger partial charge in [-0.1, -0.05) is 26.0 Å². The van der Waals surface area contributed by atoms with E-state index in [1.54, 1.807) is 24.3 Å². The molecule has 0 bridgehead atoms. The fourth-order valence-electron chi connectivity index (χ4n) is 5.30. The molecule has 2 aromatic carbocycles. The molecular formula is C20H18N2O4. The molecule has 5 rings (SSSR count). The molecule has 3 aliphatic rings. The van der Waals surface area contributed by atoms with Crippen molar-refractivity contribution in [3.05, 3.63) is 47.5 Å². The van der Waals surface area contributed by atoms with Crippen LogP contribution in [0.15, 0.2) is 36.4 Å². The zero-order chi connectivity index (χ0) is 18.4. The largest absolute Gasteiger partial charge is 0.426 e. The zero-order valence-electron chi connectivity index (χ0n) is 14.4. The summed E-state index contributed by atoms with van der Waals surface area (Å²) in [5.74, 6) is -1.09. The molecule has 1 fully saturated rings. The van der Waals surface area contributed by atoms with E-state index in [1.807, 2.05) is 26.0 Å². The molecule has 26 heavy (non-hydrogen) atoms. The third kappa shape index (κ3) is 1.45. The maximum Gasteiger partial charge on any atom is 0.316 e.